The fourth-order valence-corrected chi connectivity index (χ4v) is 2.75. The zero-order valence-electron chi connectivity index (χ0n) is 12.5. The molecular weight excluding hydrogens is 343 g/mol. The van der Waals surface area contributed by atoms with E-state index in [9.17, 15) is 14.4 Å². The summed E-state index contributed by atoms with van der Waals surface area (Å²) in [6.07, 6.45) is 0.231. The van der Waals surface area contributed by atoms with Gasteiger partial charge in [0.15, 0.2) is 0 Å². The van der Waals surface area contributed by atoms with Crippen LogP contribution in [0.4, 0.5) is 5.69 Å². The Morgan fingerprint density at radius 2 is 2.04 bits per heavy atom. The predicted molar refractivity (Wildman–Crippen MR) is 86.8 cm³/mol. The molecule has 23 heavy (non-hydrogen) atoms. The predicted octanol–water partition coefficient (Wildman–Crippen LogP) is 2.28. The maximum atomic E-state index is 12.5. The van der Waals surface area contributed by atoms with Crippen LogP contribution in [0.1, 0.15) is 12.8 Å². The van der Waals surface area contributed by atoms with E-state index >= 15 is 0 Å². The topological polar surface area (TPSA) is 77.9 Å². The molecule has 8 heteroatoms. The second kappa shape index (κ2) is 7.19. The minimum absolute atomic E-state index is 0.0741. The summed E-state index contributed by atoms with van der Waals surface area (Å²) in [4.78, 5) is 38.1. The van der Waals surface area contributed by atoms with Crippen LogP contribution in [0, 0.1) is 5.92 Å². The van der Waals surface area contributed by atoms with E-state index in [1.807, 2.05) is 0 Å². The first-order valence-electron chi connectivity index (χ1n) is 7.04. The molecule has 1 aliphatic rings. The molecule has 1 atom stereocenters. The number of carbonyl (C=O) groups is 3. The molecule has 1 saturated heterocycles. The highest BCUT2D eigenvalue weighted by molar-refractivity contribution is 6.42. The maximum Gasteiger partial charge on any atom is 0.305 e. The molecule has 124 valence electrons. The lowest BCUT2D eigenvalue weighted by molar-refractivity contribution is -0.140. The summed E-state index contributed by atoms with van der Waals surface area (Å²) in [5, 5.41) is 9.39. The van der Waals surface area contributed by atoms with E-state index in [4.69, 9.17) is 28.3 Å². The van der Waals surface area contributed by atoms with Crippen LogP contribution in [0.2, 0.25) is 10.0 Å². The summed E-state index contributed by atoms with van der Waals surface area (Å²) in [7, 11) is 1.50. The second-order valence-electron chi connectivity index (χ2n) is 5.33. The number of hydrogen-bond donors (Lipinski definition) is 1. The Balaban J connectivity index is 2.07. The lowest BCUT2D eigenvalue weighted by Crippen LogP contribution is -2.38. The SMILES string of the molecule is CN(CCC(=O)O)C(=O)C1CCN(c2ccc(Cl)c(Cl)c2)C1=O. The van der Waals surface area contributed by atoms with Crippen LogP contribution in [0.3, 0.4) is 0 Å². The van der Waals surface area contributed by atoms with E-state index in [0.717, 1.165) is 0 Å². The summed E-state index contributed by atoms with van der Waals surface area (Å²) < 4.78 is 0. The molecule has 2 amide bonds. The van der Waals surface area contributed by atoms with Crippen molar-refractivity contribution in [1.29, 1.82) is 0 Å². The number of aliphatic carboxylic acids is 1. The highest BCUT2D eigenvalue weighted by Crippen LogP contribution is 2.31. The van der Waals surface area contributed by atoms with E-state index in [0.29, 0.717) is 28.7 Å². The van der Waals surface area contributed by atoms with Crippen LogP contribution in [-0.2, 0) is 14.4 Å². The lowest BCUT2D eigenvalue weighted by atomic mass is 10.1. The fraction of sp³-hybridized carbons (Fsp3) is 0.400. The van der Waals surface area contributed by atoms with Crippen LogP contribution >= 0.6 is 23.2 Å². The van der Waals surface area contributed by atoms with Gasteiger partial charge >= 0.3 is 5.97 Å². The Hall–Kier alpha value is -1.79. The first-order chi connectivity index (χ1) is 10.8. The van der Waals surface area contributed by atoms with E-state index in [1.165, 1.54) is 16.8 Å². The van der Waals surface area contributed by atoms with Crippen LogP contribution in [0.25, 0.3) is 0 Å². The molecule has 1 heterocycles. The van der Waals surface area contributed by atoms with Crippen LogP contribution in [0.15, 0.2) is 18.2 Å². The second-order valence-corrected chi connectivity index (χ2v) is 6.15. The van der Waals surface area contributed by atoms with Gasteiger partial charge in [-0.2, -0.15) is 0 Å². The summed E-state index contributed by atoms with van der Waals surface area (Å²) in [5.74, 6) is -2.45. The molecular formula is C15H16Cl2N2O4. The highest BCUT2D eigenvalue weighted by atomic mass is 35.5. The third-order valence-corrected chi connectivity index (χ3v) is 4.49. The molecule has 0 aliphatic carbocycles. The zero-order valence-corrected chi connectivity index (χ0v) is 14.0. The van der Waals surface area contributed by atoms with Crippen molar-refractivity contribution in [2.75, 3.05) is 25.0 Å². The molecule has 0 bridgehead atoms. The van der Waals surface area contributed by atoms with Crippen molar-refractivity contribution >= 4 is 46.7 Å². The summed E-state index contributed by atoms with van der Waals surface area (Å²) in [6, 6.07) is 4.86. The third-order valence-electron chi connectivity index (χ3n) is 3.76. The van der Waals surface area contributed by atoms with Crippen LogP contribution in [-0.4, -0.2) is 47.9 Å². The van der Waals surface area contributed by atoms with Crippen LogP contribution in [0.5, 0.6) is 0 Å². The monoisotopic (exact) mass is 358 g/mol. The molecule has 1 N–H and O–H groups in total. The summed E-state index contributed by atoms with van der Waals surface area (Å²) in [5.41, 5.74) is 0.591. The Labute approximate surface area is 143 Å². The van der Waals surface area contributed by atoms with Crippen molar-refractivity contribution in [2.45, 2.75) is 12.8 Å². The standard InChI is InChI=1S/C15H16Cl2N2O4/c1-18(6-5-13(20)21)14(22)10-4-7-19(15(10)23)9-2-3-11(16)12(17)8-9/h2-3,8,10H,4-7H2,1H3,(H,20,21). The Morgan fingerprint density at radius 3 is 2.65 bits per heavy atom. The van der Waals surface area contributed by atoms with Gasteiger partial charge < -0.3 is 14.9 Å². The van der Waals surface area contributed by atoms with E-state index in [2.05, 4.69) is 0 Å². The van der Waals surface area contributed by atoms with Gasteiger partial charge in [-0.05, 0) is 24.6 Å². The maximum absolute atomic E-state index is 12.5. The molecule has 0 spiro atoms. The number of carboxylic acid groups (broad SMARTS) is 1. The Morgan fingerprint density at radius 1 is 1.35 bits per heavy atom. The van der Waals surface area contributed by atoms with Gasteiger partial charge in [0.05, 0.1) is 16.5 Å². The van der Waals surface area contributed by atoms with Crippen molar-refractivity contribution < 1.29 is 19.5 Å². The summed E-state index contributed by atoms with van der Waals surface area (Å²) in [6.45, 7) is 0.477. The molecule has 1 unspecified atom stereocenters. The van der Waals surface area contributed by atoms with Gasteiger partial charge in [-0.15, -0.1) is 0 Å². The number of halogens is 2. The van der Waals surface area contributed by atoms with Gasteiger partial charge in [0.25, 0.3) is 0 Å². The van der Waals surface area contributed by atoms with E-state index in [1.54, 1.807) is 18.2 Å². The molecule has 0 aromatic heterocycles. The molecule has 0 saturated carbocycles. The fourth-order valence-electron chi connectivity index (χ4n) is 2.46. The van der Waals surface area contributed by atoms with Gasteiger partial charge in [-0.1, -0.05) is 23.2 Å². The number of carboxylic acids is 1. The minimum Gasteiger partial charge on any atom is -0.481 e. The molecule has 2 rings (SSSR count). The molecule has 0 radical (unpaired) electrons. The van der Waals surface area contributed by atoms with Crippen molar-refractivity contribution in [3.63, 3.8) is 0 Å². The molecule has 6 nitrogen and oxygen atoms in total. The van der Waals surface area contributed by atoms with Crippen LogP contribution < -0.4 is 4.90 Å². The van der Waals surface area contributed by atoms with Gasteiger partial charge in [0, 0.05) is 25.8 Å². The van der Waals surface area contributed by atoms with Gasteiger partial charge in [0.2, 0.25) is 11.8 Å². The number of amides is 2. The van der Waals surface area contributed by atoms with Crippen molar-refractivity contribution in [2.24, 2.45) is 5.92 Å². The third kappa shape index (κ3) is 3.95. The zero-order chi connectivity index (χ0) is 17.1. The molecule has 1 aliphatic heterocycles. The van der Waals surface area contributed by atoms with Crippen molar-refractivity contribution in [1.82, 2.24) is 4.90 Å². The number of nitrogens with zero attached hydrogens (tertiary/aromatic N) is 2. The quantitative estimate of drug-likeness (QED) is 0.819. The first-order valence-corrected chi connectivity index (χ1v) is 7.80. The average molecular weight is 359 g/mol. The average Bonchev–Trinajstić information content (AvgIpc) is 2.88. The normalized spacial score (nSPS) is 17.4. The van der Waals surface area contributed by atoms with E-state index < -0.39 is 11.9 Å². The molecule has 1 aromatic carbocycles. The molecule has 1 fully saturated rings. The summed E-state index contributed by atoms with van der Waals surface area (Å²) >= 11 is 11.8. The van der Waals surface area contributed by atoms with Gasteiger partial charge in [0.1, 0.15) is 5.92 Å². The number of anilines is 1. The largest absolute Gasteiger partial charge is 0.481 e. The molecule has 1 aromatic rings. The number of hydrogen-bond acceptors (Lipinski definition) is 3. The van der Waals surface area contributed by atoms with Crippen molar-refractivity contribution in [3.8, 4) is 0 Å². The highest BCUT2D eigenvalue weighted by Gasteiger charge is 2.39. The van der Waals surface area contributed by atoms with Gasteiger partial charge in [-0.3, -0.25) is 14.4 Å². The lowest BCUT2D eigenvalue weighted by Gasteiger charge is -2.21. The Bertz CT molecular complexity index is 650. The number of benzene rings is 1. The number of rotatable bonds is 5. The minimum atomic E-state index is -0.986. The smallest absolute Gasteiger partial charge is 0.305 e. The first kappa shape index (κ1) is 17.6. The van der Waals surface area contributed by atoms with Gasteiger partial charge in [-0.25, -0.2) is 0 Å². The number of carbonyl (C=O) groups excluding carboxylic acids is 2. The van der Waals surface area contributed by atoms with Crippen molar-refractivity contribution in [3.05, 3.63) is 28.2 Å². The van der Waals surface area contributed by atoms with E-state index in [-0.39, 0.29) is 24.8 Å². The Kier molecular flexibility index (Phi) is 5.49.